The molecule has 2 saturated carbocycles. The fraction of sp³-hybridized carbons (Fsp3) is 0.818. The minimum absolute atomic E-state index is 0.594. The van der Waals surface area contributed by atoms with Gasteiger partial charge in [-0.2, -0.15) is 0 Å². The third-order valence-corrected chi connectivity index (χ3v) is 7.86. The van der Waals surface area contributed by atoms with E-state index in [2.05, 4.69) is 6.55 Å². The van der Waals surface area contributed by atoms with Crippen molar-refractivity contribution in [2.45, 2.75) is 44.2 Å². The highest BCUT2D eigenvalue weighted by atomic mass is 35.7. The molecule has 3 aliphatic carbocycles. The number of hydrogen-bond acceptors (Lipinski definition) is 0. The van der Waals surface area contributed by atoms with E-state index in [0.717, 1.165) is 11.8 Å². The summed E-state index contributed by atoms with van der Waals surface area (Å²) in [6, 6.07) is 0. The van der Waals surface area contributed by atoms with Gasteiger partial charge in [0.2, 0.25) is 0 Å². The lowest BCUT2D eigenvalue weighted by Gasteiger charge is -2.25. The molecule has 0 amide bonds. The Morgan fingerprint density at radius 1 is 1.21 bits per heavy atom. The highest BCUT2D eigenvalue weighted by Crippen LogP contribution is 2.61. The first kappa shape index (κ1) is 9.74. The maximum absolute atomic E-state index is 6.41. The average molecular weight is 247 g/mol. The first-order valence-electron chi connectivity index (χ1n) is 5.67. The molecule has 0 nitrogen and oxygen atoms in total. The second-order valence-electron chi connectivity index (χ2n) is 5.25. The molecule has 0 radical (unpaired) electrons. The monoisotopic (exact) mass is 246 g/mol. The normalized spacial score (nSPS) is 40.9. The number of allylic oxidation sites excluding steroid dienone is 2. The van der Waals surface area contributed by atoms with E-state index in [1.807, 2.05) is 0 Å². The lowest BCUT2D eigenvalue weighted by atomic mass is 9.88. The number of hydrogen-bond donors (Lipinski definition) is 0. The Morgan fingerprint density at radius 2 is 2.00 bits per heavy atom. The van der Waals surface area contributed by atoms with E-state index >= 15 is 0 Å². The molecule has 0 spiro atoms. The molecule has 3 heteroatoms. The maximum atomic E-state index is 6.41. The van der Waals surface area contributed by atoms with E-state index in [4.69, 9.17) is 22.2 Å². The molecule has 0 heterocycles. The summed E-state index contributed by atoms with van der Waals surface area (Å²) < 4.78 is 0. The van der Waals surface area contributed by atoms with Crippen LogP contribution in [0.1, 0.15) is 32.1 Å². The highest BCUT2D eigenvalue weighted by molar-refractivity contribution is 7.45. The van der Waals surface area contributed by atoms with E-state index < -0.39 is 6.69 Å². The molecular weight excluding hydrogens is 231 g/mol. The Bertz CT molecular complexity index is 303. The molecule has 3 rings (SSSR count). The van der Waals surface area contributed by atoms with Crippen LogP contribution in [0.15, 0.2) is 11.1 Å². The van der Waals surface area contributed by atoms with Gasteiger partial charge >= 0.3 is 0 Å². The first-order valence-corrected chi connectivity index (χ1v) is 10.3. The fourth-order valence-corrected chi connectivity index (χ4v) is 6.92. The van der Waals surface area contributed by atoms with Crippen molar-refractivity contribution in [2.24, 2.45) is 11.8 Å². The van der Waals surface area contributed by atoms with Gasteiger partial charge in [-0.1, -0.05) is 11.1 Å². The van der Waals surface area contributed by atoms with Crippen LogP contribution < -0.4 is 0 Å². The zero-order valence-electron chi connectivity index (χ0n) is 8.52. The molecule has 0 aromatic heterocycles. The van der Waals surface area contributed by atoms with Gasteiger partial charge in [-0.05, 0) is 50.5 Å². The van der Waals surface area contributed by atoms with Crippen molar-refractivity contribution < 1.29 is 0 Å². The largest absolute Gasteiger partial charge is 0.255 e. The standard InChI is InChI=1S/C11H16Cl2Si/c1-14(12,13)10-5-4-9-7-2-3-8(6-7)11(9)10/h7,9-10H,2-6H2,1H3. The summed E-state index contributed by atoms with van der Waals surface area (Å²) in [5, 5.41) is 0. The van der Waals surface area contributed by atoms with Crippen molar-refractivity contribution in [3.63, 3.8) is 0 Å². The maximum Gasteiger partial charge on any atom is 0.255 e. The highest BCUT2D eigenvalue weighted by Gasteiger charge is 2.50. The Kier molecular flexibility index (Phi) is 2.10. The van der Waals surface area contributed by atoms with Crippen molar-refractivity contribution >= 4 is 28.9 Å². The Labute approximate surface area is 96.1 Å². The molecule has 3 atom stereocenters. The third-order valence-electron chi connectivity index (χ3n) is 4.46. The van der Waals surface area contributed by atoms with Crippen LogP contribution in [-0.2, 0) is 0 Å². The minimum atomic E-state index is -1.96. The van der Waals surface area contributed by atoms with Crippen LogP contribution in [0.4, 0.5) is 0 Å². The summed E-state index contributed by atoms with van der Waals surface area (Å²) in [7, 11) is 0. The molecule has 78 valence electrons. The number of fused-ring (bicyclic) bond motifs is 4. The zero-order valence-corrected chi connectivity index (χ0v) is 11.0. The minimum Gasteiger partial charge on any atom is -0.145 e. The van der Waals surface area contributed by atoms with Crippen LogP contribution in [0.5, 0.6) is 0 Å². The molecule has 0 aromatic rings. The SMILES string of the molecule is C[Si](Cl)(Cl)C1CCC2C1=C1CCC2C1. The summed E-state index contributed by atoms with van der Waals surface area (Å²) >= 11 is 12.8. The summed E-state index contributed by atoms with van der Waals surface area (Å²) in [5.74, 6) is 1.88. The van der Waals surface area contributed by atoms with Gasteiger partial charge in [0.1, 0.15) is 0 Å². The van der Waals surface area contributed by atoms with Crippen LogP contribution in [0.2, 0.25) is 12.1 Å². The smallest absolute Gasteiger partial charge is 0.145 e. The molecule has 2 fully saturated rings. The van der Waals surface area contributed by atoms with Gasteiger partial charge in [0.15, 0.2) is 0 Å². The van der Waals surface area contributed by atoms with Gasteiger partial charge < -0.3 is 0 Å². The predicted octanol–water partition coefficient (Wildman–Crippen LogP) is 4.43. The van der Waals surface area contributed by atoms with Gasteiger partial charge in [-0.25, -0.2) is 0 Å². The van der Waals surface area contributed by atoms with Crippen LogP contribution in [-0.4, -0.2) is 6.69 Å². The van der Waals surface area contributed by atoms with Crippen LogP contribution in [0, 0.1) is 11.8 Å². The number of rotatable bonds is 1. The Balaban J connectivity index is 1.98. The third kappa shape index (κ3) is 1.25. The lowest BCUT2D eigenvalue weighted by Crippen LogP contribution is -2.23. The Morgan fingerprint density at radius 3 is 2.71 bits per heavy atom. The van der Waals surface area contributed by atoms with Crippen LogP contribution in [0.3, 0.4) is 0 Å². The van der Waals surface area contributed by atoms with E-state index in [-0.39, 0.29) is 0 Å². The topological polar surface area (TPSA) is 0 Å². The van der Waals surface area contributed by atoms with Gasteiger partial charge in [0.25, 0.3) is 6.69 Å². The molecular formula is C11H16Cl2Si. The molecule has 2 bridgehead atoms. The number of halogens is 2. The summed E-state index contributed by atoms with van der Waals surface area (Å²) in [6.45, 7) is 0.139. The molecule has 3 unspecified atom stereocenters. The molecule has 14 heavy (non-hydrogen) atoms. The molecule has 0 N–H and O–H groups in total. The van der Waals surface area contributed by atoms with Gasteiger partial charge in [0, 0.05) is 5.54 Å². The van der Waals surface area contributed by atoms with E-state index in [9.17, 15) is 0 Å². The van der Waals surface area contributed by atoms with Crippen molar-refractivity contribution in [1.29, 1.82) is 0 Å². The van der Waals surface area contributed by atoms with Crippen LogP contribution >= 0.6 is 22.2 Å². The molecule has 0 saturated heterocycles. The molecule has 0 aliphatic heterocycles. The molecule has 3 aliphatic rings. The summed E-state index contributed by atoms with van der Waals surface area (Å²) in [4.78, 5) is 0. The zero-order chi connectivity index (χ0) is 9.92. The van der Waals surface area contributed by atoms with Gasteiger partial charge in [0.05, 0.1) is 0 Å². The predicted molar refractivity (Wildman–Crippen MR) is 64.2 cm³/mol. The van der Waals surface area contributed by atoms with Crippen molar-refractivity contribution in [2.75, 3.05) is 0 Å². The fourth-order valence-electron chi connectivity index (χ4n) is 3.93. The van der Waals surface area contributed by atoms with Crippen molar-refractivity contribution in [3.8, 4) is 0 Å². The van der Waals surface area contributed by atoms with Crippen molar-refractivity contribution in [3.05, 3.63) is 11.1 Å². The quantitative estimate of drug-likeness (QED) is 0.365. The van der Waals surface area contributed by atoms with E-state index in [1.54, 1.807) is 11.1 Å². The van der Waals surface area contributed by atoms with Crippen molar-refractivity contribution in [1.82, 2.24) is 0 Å². The second kappa shape index (κ2) is 3.02. The second-order valence-corrected chi connectivity index (χ2v) is 13.2. The van der Waals surface area contributed by atoms with Crippen LogP contribution in [0.25, 0.3) is 0 Å². The summed E-state index contributed by atoms with van der Waals surface area (Å²) in [5.41, 5.74) is 4.08. The first-order chi connectivity index (χ1) is 6.57. The Hall–Kier alpha value is 0.537. The average Bonchev–Trinajstić information content (AvgIpc) is 2.74. The lowest BCUT2D eigenvalue weighted by molar-refractivity contribution is 0.411. The summed E-state index contributed by atoms with van der Waals surface area (Å²) in [6.07, 6.45) is 6.82. The van der Waals surface area contributed by atoms with E-state index in [0.29, 0.717) is 5.54 Å². The van der Waals surface area contributed by atoms with Gasteiger partial charge in [-0.15, -0.1) is 22.2 Å². The van der Waals surface area contributed by atoms with E-state index in [1.165, 1.54) is 32.1 Å². The van der Waals surface area contributed by atoms with Gasteiger partial charge in [-0.3, -0.25) is 0 Å². The molecule has 0 aromatic carbocycles.